The third kappa shape index (κ3) is 8.64. The highest BCUT2D eigenvalue weighted by atomic mass is 19.4. The molecule has 0 spiro atoms. The molecule has 12 heteroatoms. The molecule has 9 nitrogen and oxygen atoms in total. The Morgan fingerprint density at radius 3 is 2.46 bits per heavy atom. The number of hydrogen-bond acceptors (Lipinski definition) is 7. The van der Waals surface area contributed by atoms with E-state index < -0.39 is 11.7 Å². The maximum Gasteiger partial charge on any atom is 0.416 e. The summed E-state index contributed by atoms with van der Waals surface area (Å²) in [4.78, 5) is 22.5. The van der Waals surface area contributed by atoms with E-state index in [4.69, 9.17) is 0 Å². The second-order valence-electron chi connectivity index (χ2n) is 11.3. The van der Waals surface area contributed by atoms with Crippen LogP contribution < -0.4 is 20.9 Å². The number of hydrogen-bond donors (Lipinski definition) is 4. The number of benzene rings is 3. The molecule has 3 aromatic carbocycles. The Bertz CT molecular complexity index is 1580. The summed E-state index contributed by atoms with van der Waals surface area (Å²) in [5, 5.41) is 16.4. The fourth-order valence-electron chi connectivity index (χ4n) is 5.50. The van der Waals surface area contributed by atoms with Crippen LogP contribution in [0, 0.1) is 0 Å². The van der Waals surface area contributed by atoms with Gasteiger partial charge in [-0.1, -0.05) is 32.0 Å². The van der Waals surface area contributed by atoms with Gasteiger partial charge in [-0.15, -0.1) is 5.10 Å². The Balaban J connectivity index is 1.32. The number of halogens is 3. The summed E-state index contributed by atoms with van der Waals surface area (Å²) < 4.78 is 39.6. The van der Waals surface area contributed by atoms with E-state index in [9.17, 15) is 18.0 Å². The fourth-order valence-corrected chi connectivity index (χ4v) is 5.50. The summed E-state index contributed by atoms with van der Waals surface area (Å²) in [6.07, 6.45) is -1.08. The average Bonchev–Trinajstić information content (AvgIpc) is 3.53. The van der Waals surface area contributed by atoms with Crippen LogP contribution in [-0.2, 0) is 12.7 Å². The zero-order valence-corrected chi connectivity index (χ0v) is 26.3. The Morgan fingerprint density at radius 2 is 1.74 bits per heavy atom. The van der Waals surface area contributed by atoms with Crippen LogP contribution in [0.4, 0.5) is 36.2 Å². The third-order valence-corrected chi connectivity index (χ3v) is 8.20. The molecular weight excluding hydrogens is 593 g/mol. The van der Waals surface area contributed by atoms with Gasteiger partial charge in [0.2, 0.25) is 5.95 Å². The molecule has 1 aromatic heterocycles. The largest absolute Gasteiger partial charge is 0.416 e. The lowest BCUT2D eigenvalue weighted by atomic mass is 10.1. The minimum absolute atomic E-state index is 0.108. The number of rotatable bonds is 13. The molecule has 1 amide bonds. The van der Waals surface area contributed by atoms with E-state index in [1.165, 1.54) is 18.6 Å². The molecule has 1 fully saturated rings. The lowest BCUT2D eigenvalue weighted by molar-refractivity contribution is -0.137. The van der Waals surface area contributed by atoms with E-state index >= 15 is 0 Å². The van der Waals surface area contributed by atoms with E-state index in [0.29, 0.717) is 29.2 Å². The van der Waals surface area contributed by atoms with Crippen LogP contribution in [0.3, 0.4) is 0 Å². The van der Waals surface area contributed by atoms with Crippen molar-refractivity contribution in [3.05, 3.63) is 83.4 Å². The number of carbonyl (C=O) groups excluding carboxylic acids is 1. The van der Waals surface area contributed by atoms with Gasteiger partial charge in [-0.05, 0) is 86.4 Å². The lowest BCUT2D eigenvalue weighted by Crippen LogP contribution is -2.31. The van der Waals surface area contributed by atoms with Crippen molar-refractivity contribution in [3.63, 3.8) is 0 Å². The molecule has 244 valence electrons. The summed E-state index contributed by atoms with van der Waals surface area (Å²) >= 11 is 0. The Hall–Kier alpha value is -4.42. The Labute approximate surface area is 267 Å². The van der Waals surface area contributed by atoms with Crippen LogP contribution in [-0.4, -0.2) is 65.3 Å². The number of amides is 1. The van der Waals surface area contributed by atoms with Crippen LogP contribution in [0.5, 0.6) is 0 Å². The second-order valence-corrected chi connectivity index (χ2v) is 11.3. The van der Waals surface area contributed by atoms with Crippen molar-refractivity contribution in [2.75, 3.05) is 54.8 Å². The Morgan fingerprint density at radius 1 is 0.978 bits per heavy atom. The molecule has 46 heavy (non-hydrogen) atoms. The normalized spacial score (nSPS) is 13.7. The summed E-state index contributed by atoms with van der Waals surface area (Å²) in [5.41, 5.74) is 3.19. The summed E-state index contributed by atoms with van der Waals surface area (Å²) in [7, 11) is 0. The van der Waals surface area contributed by atoms with Gasteiger partial charge < -0.3 is 25.8 Å². The van der Waals surface area contributed by atoms with Crippen LogP contribution in [0.25, 0.3) is 11.4 Å². The highest BCUT2D eigenvalue weighted by Crippen LogP contribution is 2.34. The zero-order chi connectivity index (χ0) is 32.5. The van der Waals surface area contributed by atoms with Crippen molar-refractivity contribution in [2.45, 2.75) is 45.8 Å². The summed E-state index contributed by atoms with van der Waals surface area (Å²) in [6.45, 7) is 10.8. The van der Waals surface area contributed by atoms with Crippen molar-refractivity contribution < 1.29 is 18.0 Å². The first-order valence-electron chi connectivity index (χ1n) is 15.8. The highest BCUT2D eigenvalue weighted by molar-refractivity contribution is 6.06. The van der Waals surface area contributed by atoms with Gasteiger partial charge in [0, 0.05) is 55.2 Å². The second kappa shape index (κ2) is 15.2. The first kappa shape index (κ1) is 33.0. The van der Waals surface area contributed by atoms with Crippen LogP contribution in [0.1, 0.15) is 54.6 Å². The summed E-state index contributed by atoms with van der Waals surface area (Å²) in [6, 6.07) is 18.2. The number of H-pyrrole nitrogens is 1. The molecule has 2 heterocycles. The van der Waals surface area contributed by atoms with Crippen molar-refractivity contribution >= 4 is 28.9 Å². The number of aromatic amines is 1. The van der Waals surface area contributed by atoms with Gasteiger partial charge >= 0.3 is 6.18 Å². The number of nitrogens with zero attached hydrogens (tertiary/aromatic N) is 4. The number of anilines is 4. The fraction of sp³-hybridized carbons (Fsp3) is 0.382. The number of piperidine rings is 1. The van der Waals surface area contributed by atoms with Crippen molar-refractivity contribution in [2.24, 2.45) is 0 Å². The van der Waals surface area contributed by atoms with Crippen molar-refractivity contribution in [1.29, 1.82) is 0 Å². The maximum atomic E-state index is 13.4. The van der Waals surface area contributed by atoms with Gasteiger partial charge in [0.15, 0.2) is 5.82 Å². The first-order chi connectivity index (χ1) is 22.2. The van der Waals surface area contributed by atoms with Crippen LogP contribution in [0.15, 0.2) is 66.7 Å². The Kier molecular flexibility index (Phi) is 10.9. The molecule has 0 aliphatic carbocycles. The number of likely N-dealkylation sites (N-methyl/N-ethyl adjacent to an activating group) is 1. The number of alkyl halides is 3. The number of carbonyl (C=O) groups is 1. The molecule has 1 aliphatic heterocycles. The topological polar surface area (TPSA) is 101 Å². The quantitative estimate of drug-likeness (QED) is 0.119. The molecule has 0 atom stereocenters. The van der Waals surface area contributed by atoms with E-state index in [2.05, 4.69) is 54.8 Å². The van der Waals surface area contributed by atoms with Crippen molar-refractivity contribution in [3.8, 4) is 11.4 Å². The molecule has 1 aliphatic rings. The van der Waals surface area contributed by atoms with Gasteiger partial charge in [-0.2, -0.15) is 18.2 Å². The minimum Gasteiger partial charge on any atom is -0.372 e. The zero-order valence-electron chi connectivity index (χ0n) is 26.3. The predicted octanol–water partition coefficient (Wildman–Crippen LogP) is 6.91. The summed E-state index contributed by atoms with van der Waals surface area (Å²) in [5.74, 6) is 0.209. The van der Waals surface area contributed by atoms with Gasteiger partial charge in [0.05, 0.1) is 11.3 Å². The van der Waals surface area contributed by atoms with Gasteiger partial charge in [-0.3, -0.25) is 9.89 Å². The molecule has 0 radical (unpaired) electrons. The van der Waals surface area contributed by atoms with E-state index in [0.717, 1.165) is 75.5 Å². The molecule has 0 bridgehead atoms. The smallest absolute Gasteiger partial charge is 0.372 e. The van der Waals surface area contributed by atoms with Crippen LogP contribution >= 0.6 is 0 Å². The number of nitrogens with one attached hydrogen (secondary N) is 4. The van der Waals surface area contributed by atoms with Gasteiger partial charge in [-0.25, -0.2) is 0 Å². The standard InChI is InChI=1S/C34H41F3N8O/c1-3-44(4-2)20-17-38-23-24-11-13-25(14-12-24)32(46)40-30-16-15-28(45-18-6-5-7-19-45)22-29(30)31-41-33(43-42-31)39-27-10-8-9-26(21-27)34(35,36)37/h8-16,21-22,38H,3-7,17-20,23H2,1-2H3,(H,40,46)(H2,39,41,42,43). The van der Waals surface area contributed by atoms with E-state index in [-0.39, 0.29) is 17.5 Å². The first-order valence-corrected chi connectivity index (χ1v) is 15.8. The maximum absolute atomic E-state index is 13.4. The van der Waals surface area contributed by atoms with Gasteiger partial charge in [0.25, 0.3) is 5.91 Å². The molecule has 4 aromatic rings. The molecular formula is C34H41F3N8O. The minimum atomic E-state index is -4.47. The SMILES string of the molecule is CCN(CC)CCNCc1ccc(C(=O)Nc2ccc(N3CCCCC3)cc2-c2nc(Nc3cccc(C(F)(F)F)c3)n[nH]2)cc1. The van der Waals surface area contributed by atoms with Crippen LogP contribution in [0.2, 0.25) is 0 Å². The number of aromatic nitrogens is 3. The van der Waals surface area contributed by atoms with E-state index in [1.54, 1.807) is 0 Å². The molecule has 0 saturated carbocycles. The third-order valence-electron chi connectivity index (χ3n) is 8.20. The molecule has 5 rings (SSSR count). The molecule has 0 unspecified atom stereocenters. The average molecular weight is 635 g/mol. The predicted molar refractivity (Wildman–Crippen MR) is 176 cm³/mol. The molecule has 1 saturated heterocycles. The monoisotopic (exact) mass is 634 g/mol. The highest BCUT2D eigenvalue weighted by Gasteiger charge is 2.30. The molecule has 4 N–H and O–H groups in total. The van der Waals surface area contributed by atoms with Gasteiger partial charge in [0.1, 0.15) is 0 Å². The van der Waals surface area contributed by atoms with E-state index in [1.807, 2.05) is 42.5 Å². The lowest BCUT2D eigenvalue weighted by Gasteiger charge is -2.29. The van der Waals surface area contributed by atoms with Crippen molar-refractivity contribution in [1.82, 2.24) is 25.4 Å².